The first kappa shape index (κ1) is 20.4. The number of nitrogens with one attached hydrogen (secondary N) is 2. The van der Waals surface area contributed by atoms with E-state index in [2.05, 4.69) is 15.6 Å². The number of rotatable bonds is 7. The first-order valence-electron chi connectivity index (χ1n) is 8.50. The average Bonchev–Trinajstić information content (AvgIpc) is 3.12. The van der Waals surface area contributed by atoms with Crippen LogP contribution in [0.5, 0.6) is 0 Å². The molecule has 0 unspecified atom stereocenters. The predicted molar refractivity (Wildman–Crippen MR) is 107 cm³/mol. The third kappa shape index (κ3) is 4.96. The van der Waals surface area contributed by atoms with Crippen LogP contribution in [0.25, 0.3) is 10.2 Å². The molecule has 8 nitrogen and oxygen atoms in total. The maximum Gasteiger partial charge on any atom is 0.240 e. The molecule has 0 radical (unpaired) electrons. The summed E-state index contributed by atoms with van der Waals surface area (Å²) in [5, 5.41) is 13.7. The monoisotopic (exact) mass is 428 g/mol. The van der Waals surface area contributed by atoms with Crippen molar-refractivity contribution in [2.45, 2.75) is 16.2 Å². The molecule has 2 amide bonds. The fourth-order valence-electron chi connectivity index (χ4n) is 2.51. The van der Waals surface area contributed by atoms with E-state index in [-0.39, 0.29) is 29.3 Å². The summed E-state index contributed by atoms with van der Waals surface area (Å²) < 4.78 is 26.1. The quantitative estimate of drug-likeness (QED) is 0.548. The highest BCUT2D eigenvalue weighted by atomic mass is 32.2. The van der Waals surface area contributed by atoms with Crippen molar-refractivity contribution in [3.05, 3.63) is 53.5 Å². The Morgan fingerprint density at radius 2 is 1.79 bits per heavy atom. The topological polar surface area (TPSA) is 129 Å². The van der Waals surface area contributed by atoms with E-state index in [0.717, 1.165) is 0 Å². The van der Waals surface area contributed by atoms with Crippen LogP contribution in [0.4, 0.5) is 0 Å². The number of aromatic nitrogens is 1. The van der Waals surface area contributed by atoms with Gasteiger partial charge < -0.3 is 10.6 Å². The van der Waals surface area contributed by atoms with E-state index in [1.807, 2.05) is 0 Å². The number of nitriles is 1. The summed E-state index contributed by atoms with van der Waals surface area (Å²) in [5.74, 6) is -0.853. The Kier molecular flexibility index (Phi) is 6.21. The normalized spacial score (nSPS) is 11.0. The van der Waals surface area contributed by atoms with E-state index < -0.39 is 21.7 Å². The minimum Gasteiger partial charge on any atom is -0.347 e. The third-order valence-corrected chi connectivity index (χ3v) is 6.68. The van der Waals surface area contributed by atoms with Crippen molar-refractivity contribution in [2.75, 3.05) is 13.1 Å². The summed E-state index contributed by atoms with van der Waals surface area (Å²) in [6, 6.07) is 14.6. The summed E-state index contributed by atoms with van der Waals surface area (Å²) in [5.41, 5.74) is 0.594. The number of carbonyl (C=O) groups excluding carboxylic acids is 2. The first-order chi connectivity index (χ1) is 13.9. The summed E-state index contributed by atoms with van der Waals surface area (Å²) in [4.78, 5) is 28.1. The lowest BCUT2D eigenvalue weighted by atomic mass is 10.3. The van der Waals surface area contributed by atoms with E-state index in [9.17, 15) is 18.0 Å². The second-order valence-corrected chi connectivity index (χ2v) is 9.01. The van der Waals surface area contributed by atoms with Crippen molar-refractivity contribution in [1.29, 1.82) is 5.26 Å². The van der Waals surface area contributed by atoms with Gasteiger partial charge in [0.1, 0.15) is 11.6 Å². The van der Waals surface area contributed by atoms with Crippen LogP contribution in [-0.2, 0) is 25.8 Å². The van der Waals surface area contributed by atoms with Crippen LogP contribution in [0.2, 0.25) is 0 Å². The minimum absolute atomic E-state index is 0.0361. The molecule has 0 spiro atoms. The number of hydrogen-bond acceptors (Lipinski definition) is 7. The molecule has 0 saturated carbocycles. The number of thiazole rings is 1. The van der Waals surface area contributed by atoms with Crippen molar-refractivity contribution in [2.24, 2.45) is 0 Å². The maximum atomic E-state index is 12.7. The lowest BCUT2D eigenvalue weighted by molar-refractivity contribution is -0.125. The van der Waals surface area contributed by atoms with Gasteiger partial charge >= 0.3 is 0 Å². The van der Waals surface area contributed by atoms with Crippen molar-refractivity contribution >= 4 is 43.2 Å². The van der Waals surface area contributed by atoms with Crippen LogP contribution in [0.3, 0.4) is 0 Å². The van der Waals surface area contributed by atoms with Gasteiger partial charge in [0, 0.05) is 0 Å². The van der Waals surface area contributed by atoms with Gasteiger partial charge in [-0.1, -0.05) is 18.2 Å². The molecule has 2 aromatic carbocycles. The van der Waals surface area contributed by atoms with Gasteiger partial charge in [-0.05, 0) is 30.3 Å². The molecule has 1 aromatic heterocycles. The Labute approximate surface area is 171 Å². The Hall–Kier alpha value is -3.29. The number of carbonyl (C=O) groups is 2. The van der Waals surface area contributed by atoms with Crippen LogP contribution >= 0.6 is 11.3 Å². The molecule has 3 rings (SSSR count). The third-order valence-electron chi connectivity index (χ3n) is 3.89. The summed E-state index contributed by atoms with van der Waals surface area (Å²) in [6.07, 6.45) is -0.0361. The summed E-state index contributed by atoms with van der Waals surface area (Å²) in [7, 11) is -3.64. The summed E-state index contributed by atoms with van der Waals surface area (Å²) >= 11 is 1.22. The van der Waals surface area contributed by atoms with E-state index in [4.69, 9.17) is 5.26 Å². The van der Waals surface area contributed by atoms with Gasteiger partial charge in [0.2, 0.25) is 21.7 Å². The molecule has 148 valence electrons. The largest absolute Gasteiger partial charge is 0.347 e. The van der Waals surface area contributed by atoms with Crippen LogP contribution in [0.15, 0.2) is 58.3 Å². The molecule has 10 heteroatoms. The Balaban J connectivity index is 1.72. The van der Waals surface area contributed by atoms with Gasteiger partial charge in [-0.25, -0.2) is 13.4 Å². The number of hydrogen-bond donors (Lipinski definition) is 2. The van der Waals surface area contributed by atoms with Crippen molar-refractivity contribution < 1.29 is 18.0 Å². The van der Waals surface area contributed by atoms with Gasteiger partial charge in [-0.2, -0.15) is 5.26 Å². The zero-order chi connectivity index (χ0) is 20.9. The molecule has 0 aliphatic carbocycles. The van der Waals surface area contributed by atoms with Crippen LogP contribution in [-0.4, -0.2) is 38.3 Å². The van der Waals surface area contributed by atoms with Gasteiger partial charge in [-0.3, -0.25) is 9.59 Å². The van der Waals surface area contributed by atoms with Crippen molar-refractivity contribution in [3.8, 4) is 6.07 Å². The number of sulfone groups is 1. The van der Waals surface area contributed by atoms with E-state index in [1.165, 1.54) is 29.5 Å². The van der Waals surface area contributed by atoms with E-state index >= 15 is 0 Å². The molecular weight excluding hydrogens is 412 g/mol. The van der Waals surface area contributed by atoms with Crippen LogP contribution < -0.4 is 10.6 Å². The molecule has 0 saturated heterocycles. The maximum absolute atomic E-state index is 12.7. The zero-order valence-electron chi connectivity index (χ0n) is 15.1. The Bertz CT molecular complexity index is 1200. The SMILES string of the molecule is N#CCNC(=O)CNC(=O)Cc1nc2ccc(S(=O)(=O)c3ccccc3)cc2s1. The van der Waals surface area contributed by atoms with Crippen molar-refractivity contribution in [3.63, 3.8) is 0 Å². The van der Waals surface area contributed by atoms with Gasteiger partial charge in [0.15, 0.2) is 0 Å². The lowest BCUT2D eigenvalue weighted by Crippen LogP contribution is -2.37. The minimum atomic E-state index is -3.64. The number of nitrogens with zero attached hydrogens (tertiary/aromatic N) is 2. The van der Waals surface area contributed by atoms with Crippen LogP contribution in [0.1, 0.15) is 5.01 Å². The molecule has 29 heavy (non-hydrogen) atoms. The van der Waals surface area contributed by atoms with Crippen LogP contribution in [0, 0.1) is 11.3 Å². The van der Waals surface area contributed by atoms with E-state index in [1.54, 1.807) is 36.4 Å². The number of amides is 2. The van der Waals surface area contributed by atoms with Gasteiger partial charge in [0.25, 0.3) is 0 Å². The highest BCUT2D eigenvalue weighted by Gasteiger charge is 2.19. The second kappa shape index (κ2) is 8.81. The lowest BCUT2D eigenvalue weighted by Gasteiger charge is -2.04. The Morgan fingerprint density at radius 1 is 1.03 bits per heavy atom. The average molecular weight is 428 g/mol. The fourth-order valence-corrected chi connectivity index (χ4v) is 4.90. The van der Waals surface area contributed by atoms with Gasteiger partial charge in [-0.15, -0.1) is 11.3 Å². The molecule has 3 aromatic rings. The Morgan fingerprint density at radius 3 is 2.52 bits per heavy atom. The molecular formula is C19H16N4O4S2. The highest BCUT2D eigenvalue weighted by Crippen LogP contribution is 2.28. The molecule has 2 N–H and O–H groups in total. The molecule has 0 aliphatic rings. The molecule has 0 aliphatic heterocycles. The highest BCUT2D eigenvalue weighted by molar-refractivity contribution is 7.91. The van der Waals surface area contributed by atoms with E-state index in [0.29, 0.717) is 15.2 Å². The predicted octanol–water partition coefficient (Wildman–Crippen LogP) is 1.43. The smallest absolute Gasteiger partial charge is 0.240 e. The number of fused-ring (bicyclic) bond motifs is 1. The molecule has 0 fully saturated rings. The fraction of sp³-hybridized carbons (Fsp3) is 0.158. The standard InChI is InChI=1S/C19H16N4O4S2/c20-8-9-21-18(25)12-22-17(24)11-19-23-15-7-6-14(10-16(15)28-19)29(26,27)13-4-2-1-3-5-13/h1-7,10H,9,11-12H2,(H,21,25)(H,22,24). The van der Waals surface area contributed by atoms with Gasteiger partial charge in [0.05, 0.1) is 39.0 Å². The summed E-state index contributed by atoms with van der Waals surface area (Å²) in [6.45, 7) is -0.355. The molecule has 0 bridgehead atoms. The van der Waals surface area contributed by atoms with Crippen molar-refractivity contribution in [1.82, 2.24) is 15.6 Å². The molecule has 1 heterocycles. The zero-order valence-corrected chi connectivity index (χ0v) is 16.7. The second-order valence-electron chi connectivity index (χ2n) is 5.94. The first-order valence-corrected chi connectivity index (χ1v) is 10.8. The molecule has 0 atom stereocenters. The number of benzene rings is 2.